The standard InChI is InChI=1S/C43H51N13O9.C7H10N2O/c1-7-56-30(19-24(2)51-56)40(62)50-43-49-28-20-26(38(44)60)22-31(64-6)36(28)55(43)16-9-8-15-54-37-29(48-42(54)46-4)21-27(39(45)61)23-32(37)65-18-10-14-52(5)41(63)25(3)47-33(57)13-17-53-34(58)11-12-35(53)59;1-3-9-7(5-10)4-6(2)8-9/h8-9,11-12,19-23,25H,7,10,13-18H2,1-6H3,(H2,44,60)(H2,45,61)(H,46,48)(H,47,57)(H,49,50,62);4-5H,3H2,1-2H3/b9-8+;. The van der Waals surface area contributed by atoms with Crippen molar-refractivity contribution in [3.8, 4) is 11.5 Å². The number of aryl methyl sites for hydroxylation is 4. The van der Waals surface area contributed by atoms with Crippen molar-refractivity contribution in [2.24, 2.45) is 11.5 Å². The van der Waals surface area contributed by atoms with E-state index in [4.69, 9.17) is 20.9 Å². The van der Waals surface area contributed by atoms with Gasteiger partial charge in [-0.3, -0.25) is 57.9 Å². The molecule has 6 aromatic rings. The van der Waals surface area contributed by atoms with E-state index in [1.165, 1.54) is 30.2 Å². The number of carbonyl (C=O) groups is 8. The van der Waals surface area contributed by atoms with Gasteiger partial charge in [-0.1, -0.05) is 12.2 Å². The van der Waals surface area contributed by atoms with E-state index in [1.807, 2.05) is 37.5 Å². The lowest BCUT2D eigenvalue weighted by atomic mass is 10.1. The minimum Gasteiger partial charge on any atom is -0.494 e. The van der Waals surface area contributed by atoms with Gasteiger partial charge < -0.3 is 45.6 Å². The van der Waals surface area contributed by atoms with E-state index in [2.05, 4.69) is 36.1 Å². The average Bonchev–Trinajstić information content (AvgIpc) is 4.21. The second-order valence-electron chi connectivity index (χ2n) is 17.2. The average molecular weight is 1030 g/mol. The molecule has 2 aromatic carbocycles. The number of carbonyl (C=O) groups excluding carboxylic acids is 8. The molecule has 0 saturated carbocycles. The SMILES string of the molecule is CCn1nc(C)cc1C(=O)Nc1nc2cc(C(N)=O)cc(OC)c2n1C/C=C/Cn1c(NC)nc2cc(C(N)=O)cc(OCCCN(C)C(=O)C(C)NC(=O)CCN3C(=O)C=CC3=O)c21.CCn1nc(C)cc1C=O. The first kappa shape index (κ1) is 55.2. The molecule has 0 bridgehead atoms. The third kappa shape index (κ3) is 12.9. The van der Waals surface area contributed by atoms with Crippen LogP contribution in [0, 0.1) is 13.8 Å². The van der Waals surface area contributed by atoms with Crippen LogP contribution in [-0.2, 0) is 45.4 Å². The number of nitrogens with one attached hydrogen (secondary N) is 3. The molecule has 396 valence electrons. The number of amides is 7. The summed E-state index contributed by atoms with van der Waals surface area (Å²) in [6.45, 7) is 11.0. The van der Waals surface area contributed by atoms with E-state index in [1.54, 1.807) is 60.1 Å². The summed E-state index contributed by atoms with van der Waals surface area (Å²) in [4.78, 5) is 109. The number of fused-ring (bicyclic) bond motifs is 2. The van der Waals surface area contributed by atoms with Gasteiger partial charge in [-0.25, -0.2) is 9.97 Å². The highest BCUT2D eigenvalue weighted by atomic mass is 16.5. The topological polar surface area (TPSA) is 321 Å². The van der Waals surface area contributed by atoms with Crippen LogP contribution in [0.15, 0.2) is 60.7 Å². The fraction of sp³-hybridized carbons (Fsp3) is 0.360. The lowest BCUT2D eigenvalue weighted by Crippen LogP contribution is -2.46. The Hall–Kier alpha value is -9.16. The molecule has 0 saturated heterocycles. The largest absolute Gasteiger partial charge is 0.494 e. The Balaban J connectivity index is 0.000000818. The number of primary amides is 2. The van der Waals surface area contributed by atoms with Gasteiger partial charge in [-0.05, 0) is 77.4 Å². The van der Waals surface area contributed by atoms with Crippen LogP contribution in [0.2, 0.25) is 0 Å². The summed E-state index contributed by atoms with van der Waals surface area (Å²) in [5.41, 5.74) is 16.1. The second-order valence-corrected chi connectivity index (χ2v) is 17.2. The molecule has 5 heterocycles. The molecule has 1 aliphatic heterocycles. The number of hydrogen-bond acceptors (Lipinski definition) is 15. The maximum absolute atomic E-state index is 13.6. The highest BCUT2D eigenvalue weighted by Gasteiger charge is 2.26. The van der Waals surface area contributed by atoms with Crippen LogP contribution in [-0.4, -0.2) is 143 Å². The number of aromatic nitrogens is 8. The molecule has 25 nitrogen and oxygen atoms in total. The van der Waals surface area contributed by atoms with Gasteiger partial charge >= 0.3 is 0 Å². The maximum Gasteiger partial charge on any atom is 0.276 e. The van der Waals surface area contributed by atoms with Gasteiger partial charge in [0.15, 0.2) is 6.29 Å². The van der Waals surface area contributed by atoms with E-state index in [0.717, 1.165) is 35.6 Å². The quantitative estimate of drug-likeness (QED) is 0.0267. The normalized spacial score (nSPS) is 12.5. The summed E-state index contributed by atoms with van der Waals surface area (Å²) in [5, 5.41) is 17.1. The minimum atomic E-state index is -0.874. The van der Waals surface area contributed by atoms with Crippen molar-refractivity contribution in [1.82, 2.24) is 53.8 Å². The van der Waals surface area contributed by atoms with Crippen LogP contribution < -0.4 is 36.9 Å². The number of nitrogens with two attached hydrogens (primary N) is 2. The van der Waals surface area contributed by atoms with E-state index in [9.17, 15) is 38.4 Å². The Kier molecular flexibility index (Phi) is 18.0. The molecule has 25 heteroatoms. The maximum atomic E-state index is 13.6. The first-order valence-electron chi connectivity index (χ1n) is 23.9. The fourth-order valence-corrected chi connectivity index (χ4v) is 8.23. The fourth-order valence-electron chi connectivity index (χ4n) is 8.23. The summed E-state index contributed by atoms with van der Waals surface area (Å²) < 4.78 is 18.8. The van der Waals surface area contributed by atoms with Crippen molar-refractivity contribution in [1.29, 1.82) is 0 Å². The highest BCUT2D eigenvalue weighted by Crippen LogP contribution is 2.33. The highest BCUT2D eigenvalue weighted by molar-refractivity contribution is 6.13. The number of aldehydes is 1. The van der Waals surface area contributed by atoms with Crippen LogP contribution in [0.5, 0.6) is 11.5 Å². The van der Waals surface area contributed by atoms with Crippen molar-refractivity contribution in [3.63, 3.8) is 0 Å². The lowest BCUT2D eigenvalue weighted by molar-refractivity contribution is -0.138. The molecule has 1 aliphatic rings. The number of benzene rings is 2. The Morgan fingerprint density at radius 2 is 1.36 bits per heavy atom. The van der Waals surface area contributed by atoms with Gasteiger partial charge in [0.25, 0.3) is 17.7 Å². The third-order valence-electron chi connectivity index (χ3n) is 11.9. The molecule has 0 fully saturated rings. The number of hydrogen-bond donors (Lipinski definition) is 5. The zero-order valence-corrected chi connectivity index (χ0v) is 43.0. The number of likely N-dealkylation sites (N-methyl/N-ethyl adjacent to an activating group) is 1. The molecule has 0 radical (unpaired) electrons. The molecule has 1 unspecified atom stereocenters. The molecule has 1 atom stereocenters. The van der Waals surface area contributed by atoms with Crippen LogP contribution in [0.3, 0.4) is 0 Å². The Morgan fingerprint density at radius 3 is 1.92 bits per heavy atom. The number of methoxy groups -OCH3 is 1. The Morgan fingerprint density at radius 1 is 0.800 bits per heavy atom. The first-order valence-corrected chi connectivity index (χ1v) is 23.9. The van der Waals surface area contributed by atoms with Crippen molar-refractivity contribution in [3.05, 3.63) is 94.6 Å². The second kappa shape index (κ2) is 24.5. The summed E-state index contributed by atoms with van der Waals surface area (Å²) in [5.74, 6) is -2.36. The lowest BCUT2D eigenvalue weighted by Gasteiger charge is -2.22. The zero-order valence-electron chi connectivity index (χ0n) is 43.0. The van der Waals surface area contributed by atoms with Crippen molar-refractivity contribution < 1.29 is 47.8 Å². The predicted octanol–water partition coefficient (Wildman–Crippen LogP) is 2.74. The van der Waals surface area contributed by atoms with Gasteiger partial charge in [-0.15, -0.1) is 0 Å². The van der Waals surface area contributed by atoms with Crippen molar-refractivity contribution >= 4 is 81.6 Å². The minimum absolute atomic E-state index is 0.102. The molecule has 0 spiro atoms. The number of imidazole rings is 2. The Bertz CT molecular complexity index is 3210. The molecule has 7 amide bonds. The number of rotatable bonds is 23. The Labute approximate surface area is 430 Å². The van der Waals surface area contributed by atoms with E-state index < -0.39 is 41.5 Å². The van der Waals surface area contributed by atoms with Crippen LogP contribution >= 0.6 is 0 Å². The number of allylic oxidation sites excluding steroid dienone is 2. The van der Waals surface area contributed by atoms with Crippen LogP contribution in [0.1, 0.15) is 86.7 Å². The van der Waals surface area contributed by atoms with Gasteiger partial charge in [0, 0.05) is 83.1 Å². The van der Waals surface area contributed by atoms with Crippen molar-refractivity contribution in [2.45, 2.75) is 79.7 Å². The zero-order chi connectivity index (χ0) is 54.7. The monoisotopic (exact) mass is 1030 g/mol. The predicted molar refractivity (Wildman–Crippen MR) is 276 cm³/mol. The van der Waals surface area contributed by atoms with E-state index in [-0.39, 0.29) is 62.2 Å². The van der Waals surface area contributed by atoms with E-state index in [0.29, 0.717) is 69.6 Å². The van der Waals surface area contributed by atoms with Crippen LogP contribution in [0.4, 0.5) is 11.9 Å². The molecule has 7 N–H and O–H groups in total. The van der Waals surface area contributed by atoms with Crippen LogP contribution in [0.25, 0.3) is 22.1 Å². The summed E-state index contributed by atoms with van der Waals surface area (Å²) >= 11 is 0. The number of nitrogens with zero attached hydrogens (tertiary/aromatic N) is 10. The number of anilines is 2. The van der Waals surface area contributed by atoms with Gasteiger partial charge in [-0.2, -0.15) is 10.2 Å². The summed E-state index contributed by atoms with van der Waals surface area (Å²) in [6.07, 6.45) is 7.03. The summed E-state index contributed by atoms with van der Waals surface area (Å²) in [6, 6.07) is 8.71. The van der Waals surface area contributed by atoms with Gasteiger partial charge in [0.2, 0.25) is 35.5 Å². The number of ether oxygens (including phenoxy) is 2. The third-order valence-corrected chi connectivity index (χ3v) is 11.9. The molecular formula is C50H61N15O10. The molecule has 0 aliphatic carbocycles. The molecule has 75 heavy (non-hydrogen) atoms. The first-order chi connectivity index (χ1) is 35.8. The molecule has 7 rings (SSSR count). The summed E-state index contributed by atoms with van der Waals surface area (Å²) in [7, 11) is 4.74. The molecule has 4 aromatic heterocycles. The smallest absolute Gasteiger partial charge is 0.276 e. The van der Waals surface area contributed by atoms with Crippen molar-refractivity contribution in [2.75, 3.05) is 51.5 Å². The van der Waals surface area contributed by atoms with E-state index >= 15 is 0 Å². The number of imide groups is 1. The molecular weight excluding hydrogens is 971 g/mol. The van der Waals surface area contributed by atoms with Gasteiger partial charge in [0.1, 0.15) is 40.0 Å². The van der Waals surface area contributed by atoms with Gasteiger partial charge in [0.05, 0.1) is 36.1 Å².